The summed E-state index contributed by atoms with van der Waals surface area (Å²) in [5.41, 5.74) is 0. The largest absolute Gasteiger partial charge is 0.466 e. The zero-order valence-corrected chi connectivity index (χ0v) is 18.3. The molecule has 0 heterocycles. The Hall–Kier alpha value is -0.580. The van der Waals surface area contributed by atoms with Crippen molar-refractivity contribution in [1.82, 2.24) is 0 Å². The summed E-state index contributed by atoms with van der Waals surface area (Å²) in [6, 6.07) is 0. The number of hydrogen-bond acceptors (Lipinski definition) is 4. The topological polar surface area (TPSA) is 52.6 Å². The van der Waals surface area contributed by atoms with Crippen LogP contribution in [0, 0.1) is 0 Å². The van der Waals surface area contributed by atoms with Crippen molar-refractivity contribution in [1.29, 1.82) is 0 Å². The van der Waals surface area contributed by atoms with E-state index in [2.05, 4.69) is 22.9 Å². The van der Waals surface area contributed by atoms with E-state index in [0.717, 1.165) is 43.9 Å². The quantitative estimate of drug-likeness (QED) is 0.135. The van der Waals surface area contributed by atoms with Crippen LogP contribution in [0.3, 0.4) is 0 Å². The van der Waals surface area contributed by atoms with Gasteiger partial charge in [0.25, 0.3) is 0 Å². The van der Waals surface area contributed by atoms with Crippen molar-refractivity contribution in [3.05, 3.63) is 0 Å². The number of halogens is 1. The predicted octanol–water partition coefficient (Wildman–Crippen LogP) is 6.34. The lowest BCUT2D eigenvalue weighted by Gasteiger charge is -2.06. The summed E-state index contributed by atoms with van der Waals surface area (Å²) in [6.07, 6.45) is 15.3. The first kappa shape index (κ1) is 25.4. The van der Waals surface area contributed by atoms with E-state index in [1.807, 2.05) is 0 Å². The van der Waals surface area contributed by atoms with Crippen molar-refractivity contribution in [2.24, 2.45) is 0 Å². The van der Waals surface area contributed by atoms with Gasteiger partial charge in [0.1, 0.15) is 0 Å². The molecule has 0 atom stereocenters. The normalized spacial score (nSPS) is 10.7. The third-order valence-electron chi connectivity index (χ3n) is 4.31. The van der Waals surface area contributed by atoms with Gasteiger partial charge in [-0.15, -0.1) is 0 Å². The fourth-order valence-corrected chi connectivity index (χ4v) is 3.08. The van der Waals surface area contributed by atoms with Gasteiger partial charge in [0.05, 0.1) is 13.2 Å². The van der Waals surface area contributed by atoms with E-state index >= 15 is 0 Å². The maximum Gasteiger partial charge on any atom is 0.305 e. The summed E-state index contributed by atoms with van der Waals surface area (Å²) in [5.74, 6) is -0.406. The monoisotopic (exact) mass is 434 g/mol. The summed E-state index contributed by atoms with van der Waals surface area (Å²) < 4.78 is 10.4. The molecule has 0 saturated carbocycles. The number of ether oxygens (including phenoxy) is 2. The Kier molecular flexibility index (Phi) is 20.3. The SMILES string of the molecule is CCCCCCCCCCOC(=O)CCCC(=O)OCCCCCCBr. The Balaban J connectivity index is 3.31. The number of carbonyl (C=O) groups is 2. The summed E-state index contributed by atoms with van der Waals surface area (Å²) in [7, 11) is 0. The number of esters is 2. The van der Waals surface area contributed by atoms with Gasteiger partial charge in [0.15, 0.2) is 0 Å². The molecule has 0 aromatic rings. The highest BCUT2D eigenvalue weighted by Gasteiger charge is 2.07. The van der Waals surface area contributed by atoms with E-state index in [-0.39, 0.29) is 11.9 Å². The first-order valence-electron chi connectivity index (χ1n) is 10.6. The second kappa shape index (κ2) is 20.7. The lowest BCUT2D eigenvalue weighted by Crippen LogP contribution is -2.09. The molecule has 5 heteroatoms. The third kappa shape index (κ3) is 19.7. The molecule has 0 bridgehead atoms. The van der Waals surface area contributed by atoms with E-state index in [9.17, 15) is 9.59 Å². The first-order valence-corrected chi connectivity index (χ1v) is 11.7. The molecule has 0 saturated heterocycles. The molecule has 0 aromatic carbocycles. The van der Waals surface area contributed by atoms with E-state index in [0.29, 0.717) is 32.5 Å². The molecule has 0 aromatic heterocycles. The van der Waals surface area contributed by atoms with Gasteiger partial charge in [-0.3, -0.25) is 9.59 Å². The van der Waals surface area contributed by atoms with Gasteiger partial charge in [0, 0.05) is 18.2 Å². The minimum Gasteiger partial charge on any atom is -0.466 e. The van der Waals surface area contributed by atoms with Crippen molar-refractivity contribution < 1.29 is 19.1 Å². The molecule has 0 rings (SSSR count). The molecule has 0 amide bonds. The minimum absolute atomic E-state index is 0.199. The zero-order valence-electron chi connectivity index (χ0n) is 16.7. The van der Waals surface area contributed by atoms with Gasteiger partial charge in [-0.25, -0.2) is 0 Å². The number of carbonyl (C=O) groups excluding carboxylic acids is 2. The average Bonchev–Trinajstić information content (AvgIpc) is 2.63. The van der Waals surface area contributed by atoms with Gasteiger partial charge in [0.2, 0.25) is 0 Å². The lowest BCUT2D eigenvalue weighted by molar-refractivity contribution is -0.145. The zero-order chi connectivity index (χ0) is 19.3. The second-order valence-electron chi connectivity index (χ2n) is 6.87. The average molecular weight is 435 g/mol. The molecule has 0 aliphatic carbocycles. The summed E-state index contributed by atoms with van der Waals surface area (Å²) >= 11 is 3.40. The maximum absolute atomic E-state index is 11.6. The molecule has 0 fully saturated rings. The molecule has 0 aliphatic heterocycles. The van der Waals surface area contributed by atoms with Crippen LogP contribution in [-0.2, 0) is 19.1 Å². The van der Waals surface area contributed by atoms with E-state index in [1.165, 1.54) is 38.5 Å². The standard InChI is InChI=1S/C21H39BrO4/c1-2-3-4-5-6-7-9-12-18-25-20(23)15-14-16-21(24)26-19-13-10-8-11-17-22/h2-19H2,1H3. The van der Waals surface area contributed by atoms with Crippen molar-refractivity contribution in [3.8, 4) is 0 Å². The molecule has 154 valence electrons. The van der Waals surface area contributed by atoms with Crippen LogP contribution in [-0.4, -0.2) is 30.5 Å². The van der Waals surface area contributed by atoms with E-state index < -0.39 is 0 Å². The van der Waals surface area contributed by atoms with Crippen molar-refractivity contribution in [3.63, 3.8) is 0 Å². The molecular weight excluding hydrogens is 396 g/mol. The van der Waals surface area contributed by atoms with Crippen LogP contribution < -0.4 is 0 Å². The summed E-state index contributed by atoms with van der Waals surface area (Å²) in [6.45, 7) is 3.22. The van der Waals surface area contributed by atoms with Crippen LogP contribution in [0.25, 0.3) is 0 Å². The minimum atomic E-state index is -0.207. The van der Waals surface area contributed by atoms with Gasteiger partial charge in [-0.05, 0) is 25.7 Å². The van der Waals surface area contributed by atoms with Crippen LogP contribution in [0.2, 0.25) is 0 Å². The third-order valence-corrected chi connectivity index (χ3v) is 4.87. The Bertz CT molecular complexity index is 334. The molecule has 26 heavy (non-hydrogen) atoms. The first-order chi connectivity index (χ1) is 12.7. The molecule has 0 N–H and O–H groups in total. The Morgan fingerprint density at radius 3 is 1.50 bits per heavy atom. The summed E-state index contributed by atoms with van der Waals surface area (Å²) in [4.78, 5) is 23.2. The second-order valence-corrected chi connectivity index (χ2v) is 7.67. The number of unbranched alkanes of at least 4 members (excludes halogenated alkanes) is 10. The molecular formula is C21H39BrO4. The fraction of sp³-hybridized carbons (Fsp3) is 0.905. The fourth-order valence-electron chi connectivity index (χ4n) is 2.68. The van der Waals surface area contributed by atoms with Gasteiger partial charge < -0.3 is 9.47 Å². The van der Waals surface area contributed by atoms with Gasteiger partial charge >= 0.3 is 11.9 Å². The van der Waals surface area contributed by atoms with Gasteiger partial charge in [-0.1, -0.05) is 80.6 Å². The Labute approximate surface area is 168 Å². The Morgan fingerprint density at radius 2 is 1.04 bits per heavy atom. The van der Waals surface area contributed by atoms with Crippen LogP contribution in [0.1, 0.15) is 103 Å². The lowest BCUT2D eigenvalue weighted by atomic mass is 10.1. The van der Waals surface area contributed by atoms with Crippen LogP contribution in [0.4, 0.5) is 0 Å². The smallest absolute Gasteiger partial charge is 0.305 e. The van der Waals surface area contributed by atoms with Crippen molar-refractivity contribution in [2.75, 3.05) is 18.5 Å². The van der Waals surface area contributed by atoms with Crippen LogP contribution in [0.15, 0.2) is 0 Å². The van der Waals surface area contributed by atoms with Crippen molar-refractivity contribution in [2.45, 2.75) is 103 Å². The van der Waals surface area contributed by atoms with Crippen LogP contribution >= 0.6 is 15.9 Å². The Morgan fingerprint density at radius 1 is 0.615 bits per heavy atom. The molecule has 0 spiro atoms. The molecule has 0 radical (unpaired) electrons. The number of hydrogen-bond donors (Lipinski definition) is 0. The van der Waals surface area contributed by atoms with Gasteiger partial charge in [-0.2, -0.15) is 0 Å². The predicted molar refractivity (Wildman–Crippen MR) is 111 cm³/mol. The maximum atomic E-state index is 11.6. The van der Waals surface area contributed by atoms with Crippen LogP contribution in [0.5, 0.6) is 0 Å². The molecule has 0 unspecified atom stereocenters. The number of alkyl halides is 1. The highest BCUT2D eigenvalue weighted by Crippen LogP contribution is 2.09. The summed E-state index contributed by atoms with van der Waals surface area (Å²) in [5, 5.41) is 1.03. The highest BCUT2D eigenvalue weighted by molar-refractivity contribution is 9.09. The molecule has 4 nitrogen and oxygen atoms in total. The number of rotatable bonds is 19. The van der Waals surface area contributed by atoms with Crippen molar-refractivity contribution >= 4 is 27.9 Å². The molecule has 0 aliphatic rings. The van der Waals surface area contributed by atoms with E-state index in [1.54, 1.807) is 0 Å². The highest BCUT2D eigenvalue weighted by atomic mass is 79.9. The van der Waals surface area contributed by atoms with E-state index in [4.69, 9.17) is 9.47 Å².